The number of pyridine rings is 1. The maximum Gasteiger partial charge on any atom is 0.226 e. The van der Waals surface area contributed by atoms with Crippen molar-refractivity contribution in [1.29, 1.82) is 0 Å². The Morgan fingerprint density at radius 2 is 2.26 bits per heavy atom. The quantitative estimate of drug-likeness (QED) is 0.706. The standard InChI is InChI=1S/C18H24N4O4S/c1-27(24,25)13-14-5-4-10-22(12-14)17(23)8-2-7-16-20-18(21-26-16)15-6-3-9-19-11-15/h3,6,9,11,14H,2,4-5,7-8,10,12-13H2,1H3/t14-/m1/s1. The molecule has 3 heterocycles. The van der Waals surface area contributed by atoms with Crippen LogP contribution in [0.2, 0.25) is 0 Å². The van der Waals surface area contributed by atoms with Crippen LogP contribution in [-0.4, -0.2) is 59.4 Å². The number of aromatic nitrogens is 3. The Morgan fingerprint density at radius 3 is 3.00 bits per heavy atom. The van der Waals surface area contributed by atoms with Gasteiger partial charge in [0, 0.05) is 50.1 Å². The van der Waals surface area contributed by atoms with Crippen molar-refractivity contribution in [2.75, 3.05) is 25.1 Å². The van der Waals surface area contributed by atoms with E-state index in [1.807, 2.05) is 6.07 Å². The second-order valence-corrected chi connectivity index (χ2v) is 9.23. The summed E-state index contributed by atoms with van der Waals surface area (Å²) in [5.41, 5.74) is 0.786. The lowest BCUT2D eigenvalue weighted by Gasteiger charge is -2.32. The van der Waals surface area contributed by atoms with Crippen molar-refractivity contribution < 1.29 is 17.7 Å². The summed E-state index contributed by atoms with van der Waals surface area (Å²) in [5.74, 6) is 1.23. The molecule has 1 aliphatic heterocycles. The Morgan fingerprint density at radius 1 is 1.41 bits per heavy atom. The van der Waals surface area contributed by atoms with Crippen LogP contribution in [0.4, 0.5) is 0 Å². The van der Waals surface area contributed by atoms with E-state index in [0.29, 0.717) is 44.1 Å². The Kier molecular flexibility index (Phi) is 6.20. The maximum absolute atomic E-state index is 12.4. The lowest BCUT2D eigenvalue weighted by molar-refractivity contribution is -0.132. The monoisotopic (exact) mass is 392 g/mol. The third-order valence-corrected chi connectivity index (χ3v) is 5.66. The predicted molar refractivity (Wildman–Crippen MR) is 99.5 cm³/mol. The molecular formula is C18H24N4O4S. The fourth-order valence-electron chi connectivity index (χ4n) is 3.37. The summed E-state index contributed by atoms with van der Waals surface area (Å²) in [7, 11) is -3.02. The molecule has 2 aromatic heterocycles. The lowest BCUT2D eigenvalue weighted by atomic mass is 9.99. The molecule has 3 rings (SSSR count). The lowest BCUT2D eigenvalue weighted by Crippen LogP contribution is -2.41. The number of nitrogens with zero attached hydrogens (tertiary/aromatic N) is 4. The molecule has 1 fully saturated rings. The minimum Gasteiger partial charge on any atom is -0.342 e. The van der Waals surface area contributed by atoms with Gasteiger partial charge in [-0.15, -0.1) is 0 Å². The number of piperidine rings is 1. The van der Waals surface area contributed by atoms with Gasteiger partial charge in [0.25, 0.3) is 0 Å². The first-order chi connectivity index (χ1) is 12.9. The molecule has 1 aliphatic rings. The number of likely N-dealkylation sites (tertiary alicyclic amines) is 1. The zero-order chi connectivity index (χ0) is 19.3. The molecule has 0 N–H and O–H groups in total. The van der Waals surface area contributed by atoms with E-state index >= 15 is 0 Å². The number of carbonyl (C=O) groups is 1. The van der Waals surface area contributed by atoms with E-state index in [9.17, 15) is 13.2 Å². The number of sulfone groups is 1. The molecule has 9 heteroatoms. The number of aryl methyl sites for hydroxylation is 1. The van der Waals surface area contributed by atoms with Crippen LogP contribution in [0.5, 0.6) is 0 Å². The Balaban J connectivity index is 1.46. The second-order valence-electron chi connectivity index (χ2n) is 7.05. The normalized spacial score (nSPS) is 17.8. The third-order valence-electron chi connectivity index (χ3n) is 4.58. The number of hydrogen-bond donors (Lipinski definition) is 0. The molecule has 0 aromatic carbocycles. The first-order valence-corrected chi connectivity index (χ1v) is 11.2. The molecule has 1 amide bonds. The summed E-state index contributed by atoms with van der Waals surface area (Å²) in [6.45, 7) is 1.22. The van der Waals surface area contributed by atoms with E-state index in [1.165, 1.54) is 6.26 Å². The Bertz CT molecular complexity index is 866. The van der Waals surface area contributed by atoms with E-state index < -0.39 is 9.84 Å². The zero-order valence-corrected chi connectivity index (χ0v) is 16.2. The molecular weight excluding hydrogens is 368 g/mol. The molecule has 1 atom stereocenters. The van der Waals surface area contributed by atoms with Gasteiger partial charge in [-0.25, -0.2) is 8.42 Å². The van der Waals surface area contributed by atoms with Crippen LogP contribution in [0.25, 0.3) is 11.4 Å². The first kappa shape index (κ1) is 19.5. The highest BCUT2D eigenvalue weighted by atomic mass is 32.2. The van der Waals surface area contributed by atoms with Gasteiger partial charge in [0.1, 0.15) is 9.84 Å². The molecule has 0 aliphatic carbocycles. The van der Waals surface area contributed by atoms with Crippen LogP contribution in [0.15, 0.2) is 29.0 Å². The number of rotatable bonds is 7. The van der Waals surface area contributed by atoms with Crippen molar-refractivity contribution in [3.63, 3.8) is 0 Å². The van der Waals surface area contributed by atoms with Crippen molar-refractivity contribution in [2.24, 2.45) is 5.92 Å². The topological polar surface area (TPSA) is 106 Å². The van der Waals surface area contributed by atoms with Gasteiger partial charge in [-0.3, -0.25) is 9.78 Å². The smallest absolute Gasteiger partial charge is 0.226 e. The van der Waals surface area contributed by atoms with Crippen LogP contribution >= 0.6 is 0 Å². The average molecular weight is 392 g/mol. The van der Waals surface area contributed by atoms with Gasteiger partial charge in [0.15, 0.2) is 0 Å². The van der Waals surface area contributed by atoms with Crippen molar-refractivity contribution in [3.05, 3.63) is 30.4 Å². The third kappa shape index (κ3) is 5.85. The minimum atomic E-state index is -3.02. The van der Waals surface area contributed by atoms with Gasteiger partial charge in [-0.2, -0.15) is 4.98 Å². The SMILES string of the molecule is CS(=O)(=O)C[C@@H]1CCCN(C(=O)CCCc2nc(-c3cccnc3)no2)C1. The largest absolute Gasteiger partial charge is 0.342 e. The molecule has 0 spiro atoms. The van der Waals surface area contributed by atoms with Crippen LogP contribution in [0.1, 0.15) is 31.6 Å². The van der Waals surface area contributed by atoms with Crippen LogP contribution in [-0.2, 0) is 21.1 Å². The molecule has 0 bridgehead atoms. The summed E-state index contributed by atoms with van der Waals surface area (Å²) in [5, 5.41) is 3.94. The average Bonchev–Trinajstić information content (AvgIpc) is 3.10. The highest BCUT2D eigenvalue weighted by molar-refractivity contribution is 7.90. The molecule has 8 nitrogen and oxygen atoms in total. The summed E-state index contributed by atoms with van der Waals surface area (Å²) < 4.78 is 28.2. The van der Waals surface area contributed by atoms with Crippen molar-refractivity contribution in [1.82, 2.24) is 20.0 Å². The molecule has 27 heavy (non-hydrogen) atoms. The number of hydrogen-bond acceptors (Lipinski definition) is 7. The summed E-state index contributed by atoms with van der Waals surface area (Å²) >= 11 is 0. The Labute approximate surface area is 158 Å². The van der Waals surface area contributed by atoms with Gasteiger partial charge >= 0.3 is 0 Å². The highest BCUT2D eigenvalue weighted by Crippen LogP contribution is 2.20. The summed E-state index contributed by atoms with van der Waals surface area (Å²) in [4.78, 5) is 22.6. The zero-order valence-electron chi connectivity index (χ0n) is 15.4. The van der Waals surface area contributed by atoms with Gasteiger partial charge in [0.05, 0.1) is 5.75 Å². The second kappa shape index (κ2) is 8.60. The van der Waals surface area contributed by atoms with E-state index in [0.717, 1.165) is 18.4 Å². The van der Waals surface area contributed by atoms with E-state index in [4.69, 9.17) is 4.52 Å². The maximum atomic E-state index is 12.4. The molecule has 146 valence electrons. The van der Waals surface area contributed by atoms with Crippen molar-refractivity contribution in [3.8, 4) is 11.4 Å². The van der Waals surface area contributed by atoms with Gasteiger partial charge < -0.3 is 9.42 Å². The molecule has 1 saturated heterocycles. The molecule has 2 aromatic rings. The van der Waals surface area contributed by atoms with Crippen molar-refractivity contribution in [2.45, 2.75) is 32.1 Å². The first-order valence-electron chi connectivity index (χ1n) is 9.09. The number of carbonyl (C=O) groups excluding carboxylic acids is 1. The van der Waals surface area contributed by atoms with Crippen LogP contribution in [0.3, 0.4) is 0 Å². The molecule has 0 saturated carbocycles. The fourth-order valence-corrected chi connectivity index (χ4v) is 4.50. The van der Waals surface area contributed by atoms with E-state index in [1.54, 1.807) is 23.4 Å². The van der Waals surface area contributed by atoms with E-state index in [2.05, 4.69) is 15.1 Å². The van der Waals surface area contributed by atoms with E-state index in [-0.39, 0.29) is 17.6 Å². The van der Waals surface area contributed by atoms with Gasteiger partial charge in [-0.1, -0.05) is 5.16 Å². The van der Waals surface area contributed by atoms with Crippen LogP contribution < -0.4 is 0 Å². The predicted octanol–water partition coefficient (Wildman–Crippen LogP) is 1.74. The van der Waals surface area contributed by atoms with Gasteiger partial charge in [-0.05, 0) is 37.3 Å². The summed E-state index contributed by atoms with van der Waals surface area (Å²) in [6, 6.07) is 3.66. The summed E-state index contributed by atoms with van der Waals surface area (Å²) in [6.07, 6.45) is 7.83. The minimum absolute atomic E-state index is 0.0377. The fraction of sp³-hybridized carbons (Fsp3) is 0.556. The van der Waals surface area contributed by atoms with Gasteiger partial charge in [0.2, 0.25) is 17.6 Å². The molecule has 0 unspecified atom stereocenters. The van der Waals surface area contributed by atoms with Crippen LogP contribution in [0, 0.1) is 5.92 Å². The highest BCUT2D eigenvalue weighted by Gasteiger charge is 2.25. The molecule has 0 radical (unpaired) electrons. The number of amides is 1. The Hall–Kier alpha value is -2.29. The van der Waals surface area contributed by atoms with Crippen molar-refractivity contribution >= 4 is 15.7 Å².